The molecule has 0 radical (unpaired) electrons. The minimum Gasteiger partial charge on any atom is -0.404 e. The molecule has 2 N–H and O–H groups in total. The van der Waals surface area contributed by atoms with Gasteiger partial charge in [0.2, 0.25) is 0 Å². The van der Waals surface area contributed by atoms with E-state index >= 15 is 0 Å². The molecule has 4 nitrogen and oxygen atoms in total. The Labute approximate surface area is 107 Å². The third-order valence-corrected chi connectivity index (χ3v) is 3.67. The van der Waals surface area contributed by atoms with Crippen LogP contribution in [-0.2, 0) is 0 Å². The molecular formula is C14H21N3O. The van der Waals surface area contributed by atoms with Crippen molar-refractivity contribution in [2.45, 2.75) is 31.7 Å². The van der Waals surface area contributed by atoms with Gasteiger partial charge in [-0.15, -0.1) is 0 Å². The number of carbonyl (C=O) groups is 1. The van der Waals surface area contributed by atoms with Crippen molar-refractivity contribution in [1.29, 1.82) is 0 Å². The Morgan fingerprint density at radius 2 is 2.11 bits per heavy atom. The molecule has 0 spiro atoms. The van der Waals surface area contributed by atoms with E-state index in [2.05, 4.69) is 11.1 Å². The molecule has 2 rings (SSSR count). The van der Waals surface area contributed by atoms with Crippen molar-refractivity contribution in [3.63, 3.8) is 0 Å². The molecule has 0 aromatic carbocycles. The van der Waals surface area contributed by atoms with Crippen molar-refractivity contribution in [2.24, 2.45) is 5.73 Å². The molecule has 1 aromatic rings. The lowest BCUT2D eigenvalue weighted by Gasteiger charge is -2.18. The molecule has 1 fully saturated rings. The van der Waals surface area contributed by atoms with E-state index in [9.17, 15) is 4.79 Å². The zero-order valence-electron chi connectivity index (χ0n) is 11.1. The van der Waals surface area contributed by atoms with Gasteiger partial charge in [-0.05, 0) is 18.9 Å². The van der Waals surface area contributed by atoms with Gasteiger partial charge in [0.15, 0.2) is 0 Å². The summed E-state index contributed by atoms with van der Waals surface area (Å²) in [5, 5.41) is 1.71. The molecule has 1 aromatic heterocycles. The molecule has 1 saturated carbocycles. The molecule has 1 heterocycles. The number of hydrogen-bond acceptors (Lipinski definition) is 2. The molecule has 18 heavy (non-hydrogen) atoms. The molecule has 4 heteroatoms. The molecule has 0 bridgehead atoms. The van der Waals surface area contributed by atoms with Gasteiger partial charge in [0.1, 0.15) is 5.69 Å². The van der Waals surface area contributed by atoms with Crippen LogP contribution in [0.2, 0.25) is 0 Å². The second-order valence-electron chi connectivity index (χ2n) is 5.11. The SMILES string of the molecule is C=c1/c(=C\N)cc(C(=O)N(C)C)n1C1CCCC1. The lowest BCUT2D eigenvalue weighted by Crippen LogP contribution is -2.33. The maximum Gasteiger partial charge on any atom is 0.270 e. The second kappa shape index (κ2) is 4.88. The first-order valence-corrected chi connectivity index (χ1v) is 6.40. The summed E-state index contributed by atoms with van der Waals surface area (Å²) >= 11 is 0. The maximum absolute atomic E-state index is 12.2. The van der Waals surface area contributed by atoms with E-state index in [1.807, 2.05) is 6.07 Å². The molecule has 1 amide bonds. The molecule has 1 aliphatic rings. The molecule has 98 valence electrons. The Hall–Kier alpha value is -1.71. The van der Waals surface area contributed by atoms with Crippen LogP contribution in [0.25, 0.3) is 12.8 Å². The van der Waals surface area contributed by atoms with Crippen LogP contribution in [0.15, 0.2) is 6.07 Å². The fourth-order valence-corrected chi connectivity index (χ4v) is 2.70. The Morgan fingerprint density at radius 1 is 1.50 bits per heavy atom. The van der Waals surface area contributed by atoms with Crippen LogP contribution in [0, 0.1) is 0 Å². The van der Waals surface area contributed by atoms with Crippen LogP contribution in [-0.4, -0.2) is 29.5 Å². The summed E-state index contributed by atoms with van der Waals surface area (Å²) < 4.78 is 2.08. The summed E-state index contributed by atoms with van der Waals surface area (Å²) in [6.45, 7) is 4.08. The summed E-state index contributed by atoms with van der Waals surface area (Å²) in [4.78, 5) is 13.8. The van der Waals surface area contributed by atoms with Crippen LogP contribution in [0.5, 0.6) is 0 Å². The zero-order valence-corrected chi connectivity index (χ0v) is 11.1. The third kappa shape index (κ3) is 2.03. The van der Waals surface area contributed by atoms with Gasteiger partial charge in [-0.1, -0.05) is 19.4 Å². The lowest BCUT2D eigenvalue weighted by molar-refractivity contribution is 0.0814. The average molecular weight is 247 g/mol. The molecule has 0 saturated heterocycles. The second-order valence-corrected chi connectivity index (χ2v) is 5.11. The van der Waals surface area contributed by atoms with E-state index in [-0.39, 0.29) is 5.91 Å². The summed E-state index contributed by atoms with van der Waals surface area (Å²) in [5.74, 6) is 0.0138. The highest BCUT2D eigenvalue weighted by molar-refractivity contribution is 5.92. The Balaban J connectivity index is 2.58. The van der Waals surface area contributed by atoms with Crippen LogP contribution < -0.4 is 16.3 Å². The maximum atomic E-state index is 12.2. The number of nitrogens with zero attached hydrogens (tertiary/aromatic N) is 2. The predicted molar refractivity (Wildman–Crippen MR) is 73.4 cm³/mol. The number of carbonyl (C=O) groups excluding carboxylic acids is 1. The Morgan fingerprint density at radius 3 is 2.61 bits per heavy atom. The first-order valence-electron chi connectivity index (χ1n) is 6.40. The van der Waals surface area contributed by atoms with E-state index in [1.165, 1.54) is 19.0 Å². The van der Waals surface area contributed by atoms with Gasteiger partial charge < -0.3 is 15.2 Å². The monoisotopic (exact) mass is 247 g/mol. The minimum atomic E-state index is 0.0138. The highest BCUT2D eigenvalue weighted by Gasteiger charge is 2.23. The third-order valence-electron chi connectivity index (χ3n) is 3.67. The van der Waals surface area contributed by atoms with Gasteiger partial charge in [-0.25, -0.2) is 0 Å². The van der Waals surface area contributed by atoms with Crippen molar-refractivity contribution in [1.82, 2.24) is 9.47 Å². The van der Waals surface area contributed by atoms with Crippen LogP contribution in [0.4, 0.5) is 0 Å². The molecule has 1 aliphatic carbocycles. The van der Waals surface area contributed by atoms with Crippen molar-refractivity contribution in [3.05, 3.63) is 22.3 Å². The average Bonchev–Trinajstić information content (AvgIpc) is 2.94. The van der Waals surface area contributed by atoms with Crippen LogP contribution >= 0.6 is 0 Å². The fraction of sp³-hybridized carbons (Fsp3) is 0.500. The van der Waals surface area contributed by atoms with Gasteiger partial charge in [0.25, 0.3) is 5.91 Å². The molecular weight excluding hydrogens is 226 g/mol. The quantitative estimate of drug-likeness (QED) is 0.823. The molecule has 0 aliphatic heterocycles. The van der Waals surface area contributed by atoms with E-state index in [1.54, 1.807) is 19.0 Å². The van der Waals surface area contributed by atoms with E-state index in [0.717, 1.165) is 23.4 Å². The standard InChI is InChI=1S/C14H21N3O/c1-10-11(9-15)8-13(14(18)16(2)3)17(10)12-6-4-5-7-12/h8-9,12H,1,4-7,15H2,2-3H3/b11-9-. The zero-order chi connectivity index (χ0) is 13.3. The number of rotatable bonds is 2. The fourth-order valence-electron chi connectivity index (χ4n) is 2.70. The molecule has 0 unspecified atom stereocenters. The van der Waals surface area contributed by atoms with Gasteiger partial charge in [-0.3, -0.25) is 4.79 Å². The highest BCUT2D eigenvalue weighted by atomic mass is 16.2. The Bertz CT molecular complexity index is 550. The highest BCUT2D eigenvalue weighted by Crippen LogP contribution is 2.29. The number of amides is 1. The number of nitrogens with two attached hydrogens (primary N) is 1. The van der Waals surface area contributed by atoms with Crippen molar-refractivity contribution < 1.29 is 4.79 Å². The summed E-state index contributed by atoms with van der Waals surface area (Å²) in [5.41, 5.74) is 6.31. The lowest BCUT2D eigenvalue weighted by atomic mass is 10.2. The Kier molecular flexibility index (Phi) is 3.45. The van der Waals surface area contributed by atoms with E-state index in [4.69, 9.17) is 5.73 Å². The van der Waals surface area contributed by atoms with Crippen molar-refractivity contribution >= 4 is 18.7 Å². The van der Waals surface area contributed by atoms with Gasteiger partial charge in [-0.2, -0.15) is 0 Å². The molecule has 0 atom stereocenters. The normalized spacial score (nSPS) is 17.3. The van der Waals surface area contributed by atoms with Crippen LogP contribution in [0.1, 0.15) is 42.2 Å². The largest absolute Gasteiger partial charge is 0.404 e. The van der Waals surface area contributed by atoms with E-state index in [0.29, 0.717) is 11.7 Å². The topological polar surface area (TPSA) is 51.3 Å². The summed E-state index contributed by atoms with van der Waals surface area (Å²) in [7, 11) is 3.53. The number of aromatic nitrogens is 1. The van der Waals surface area contributed by atoms with Gasteiger partial charge in [0, 0.05) is 36.9 Å². The first kappa shape index (κ1) is 12.7. The van der Waals surface area contributed by atoms with Gasteiger partial charge in [0.05, 0.1) is 0 Å². The van der Waals surface area contributed by atoms with Crippen molar-refractivity contribution in [3.8, 4) is 0 Å². The summed E-state index contributed by atoms with van der Waals surface area (Å²) in [6.07, 6.45) is 6.21. The predicted octanol–water partition coefficient (Wildman–Crippen LogP) is 0.412. The van der Waals surface area contributed by atoms with Gasteiger partial charge >= 0.3 is 0 Å². The van der Waals surface area contributed by atoms with Crippen LogP contribution in [0.3, 0.4) is 0 Å². The van der Waals surface area contributed by atoms with E-state index < -0.39 is 0 Å². The first-order chi connectivity index (χ1) is 8.56. The number of hydrogen-bond donors (Lipinski definition) is 1. The minimum absolute atomic E-state index is 0.0138. The van der Waals surface area contributed by atoms with Crippen molar-refractivity contribution in [2.75, 3.05) is 14.1 Å². The smallest absolute Gasteiger partial charge is 0.270 e. The summed E-state index contributed by atoms with van der Waals surface area (Å²) in [6, 6.07) is 2.24.